The number of fused-ring (bicyclic) bond motifs is 1. The molecule has 2 aromatic carbocycles. The molecule has 140 valence electrons. The monoisotopic (exact) mass is 386 g/mol. The van der Waals surface area contributed by atoms with Crippen LogP contribution in [0.2, 0.25) is 5.02 Å². The highest BCUT2D eigenvalue weighted by atomic mass is 35.5. The molecule has 6 heteroatoms. The molecule has 1 aromatic heterocycles. The fourth-order valence-electron chi connectivity index (χ4n) is 3.18. The lowest BCUT2D eigenvalue weighted by Crippen LogP contribution is -2.36. The number of aromatic nitrogens is 1. The normalized spacial score (nSPS) is 11.0. The lowest BCUT2D eigenvalue weighted by molar-refractivity contribution is -0.126. The van der Waals surface area contributed by atoms with Gasteiger partial charge in [0.15, 0.2) is 0 Å². The van der Waals surface area contributed by atoms with E-state index in [4.69, 9.17) is 11.6 Å². The van der Waals surface area contributed by atoms with Crippen LogP contribution in [0.4, 0.5) is 4.39 Å². The number of rotatable bonds is 6. The number of halogens is 2. The zero-order chi connectivity index (χ0) is 19.6. The van der Waals surface area contributed by atoms with Crippen LogP contribution in [0.15, 0.2) is 48.7 Å². The van der Waals surface area contributed by atoms with Gasteiger partial charge in [0.25, 0.3) is 11.7 Å². The Kier molecular flexibility index (Phi) is 5.61. The first-order chi connectivity index (χ1) is 13.0. The van der Waals surface area contributed by atoms with Gasteiger partial charge in [0.05, 0.1) is 12.1 Å². The van der Waals surface area contributed by atoms with Crippen molar-refractivity contribution in [2.24, 2.45) is 0 Å². The van der Waals surface area contributed by atoms with Crippen molar-refractivity contribution < 1.29 is 14.0 Å². The van der Waals surface area contributed by atoms with Gasteiger partial charge in [-0.25, -0.2) is 4.39 Å². The molecule has 1 heterocycles. The molecule has 27 heavy (non-hydrogen) atoms. The highest BCUT2D eigenvalue weighted by Crippen LogP contribution is 2.26. The van der Waals surface area contributed by atoms with Gasteiger partial charge in [-0.1, -0.05) is 35.9 Å². The summed E-state index contributed by atoms with van der Waals surface area (Å²) in [6, 6.07) is 11.8. The van der Waals surface area contributed by atoms with Crippen LogP contribution in [0.1, 0.15) is 29.8 Å². The second-order valence-electron chi connectivity index (χ2n) is 6.19. The molecule has 4 nitrogen and oxygen atoms in total. The summed E-state index contributed by atoms with van der Waals surface area (Å²) < 4.78 is 16.0. The van der Waals surface area contributed by atoms with Crippen molar-refractivity contribution >= 4 is 34.2 Å². The summed E-state index contributed by atoms with van der Waals surface area (Å²) in [6.07, 6.45) is 1.61. The molecule has 0 fully saturated rings. The topological polar surface area (TPSA) is 42.3 Å². The standard InChI is InChI=1S/C21H20ClFN2O2/c1-3-24(4-2)21(27)20(26)15-12-25(19-11-6-5-8-14(15)19)13-16-17(22)9-7-10-18(16)23/h5-12H,3-4,13H2,1-2H3. The number of hydrogen-bond acceptors (Lipinski definition) is 2. The summed E-state index contributed by atoms with van der Waals surface area (Å²) in [5.74, 6) is -1.51. The molecule has 3 aromatic rings. The van der Waals surface area contributed by atoms with Crippen molar-refractivity contribution in [1.29, 1.82) is 0 Å². The molecule has 0 N–H and O–H groups in total. The van der Waals surface area contributed by atoms with Crippen molar-refractivity contribution in [3.8, 4) is 0 Å². The van der Waals surface area contributed by atoms with E-state index >= 15 is 0 Å². The molecule has 0 aliphatic heterocycles. The molecule has 0 bridgehead atoms. The maximum atomic E-state index is 14.2. The third-order valence-corrected chi connectivity index (χ3v) is 5.02. The first kappa shape index (κ1) is 19.1. The summed E-state index contributed by atoms with van der Waals surface area (Å²) in [7, 11) is 0. The van der Waals surface area contributed by atoms with Crippen molar-refractivity contribution in [1.82, 2.24) is 9.47 Å². The molecule has 0 unspecified atom stereocenters. The number of nitrogens with zero attached hydrogens (tertiary/aromatic N) is 2. The van der Waals surface area contributed by atoms with E-state index in [1.807, 2.05) is 26.0 Å². The fourth-order valence-corrected chi connectivity index (χ4v) is 3.40. The minimum absolute atomic E-state index is 0.165. The van der Waals surface area contributed by atoms with Crippen LogP contribution in [0.25, 0.3) is 10.9 Å². The summed E-state index contributed by atoms with van der Waals surface area (Å²) in [6.45, 7) is 4.75. The van der Waals surface area contributed by atoms with Crippen molar-refractivity contribution in [3.05, 3.63) is 70.6 Å². The number of carbonyl (C=O) groups is 2. The first-order valence-electron chi connectivity index (χ1n) is 8.82. The van der Waals surface area contributed by atoms with Gasteiger partial charge in [-0.3, -0.25) is 9.59 Å². The molecule has 0 spiro atoms. The highest BCUT2D eigenvalue weighted by Gasteiger charge is 2.25. The minimum atomic E-state index is -0.562. The Morgan fingerprint density at radius 3 is 2.44 bits per heavy atom. The van der Waals surface area contributed by atoms with Crippen LogP contribution in [-0.4, -0.2) is 34.2 Å². The minimum Gasteiger partial charge on any atom is -0.342 e. The predicted octanol–water partition coefficient (Wildman–Crippen LogP) is 4.53. The maximum absolute atomic E-state index is 14.2. The largest absolute Gasteiger partial charge is 0.342 e. The number of benzene rings is 2. The van der Waals surface area contributed by atoms with E-state index in [1.54, 1.807) is 35.0 Å². The van der Waals surface area contributed by atoms with E-state index in [2.05, 4.69) is 0 Å². The molecule has 0 atom stereocenters. The molecule has 1 amide bonds. The number of ketones is 1. The lowest BCUT2D eigenvalue weighted by Gasteiger charge is -2.17. The van der Waals surface area contributed by atoms with Gasteiger partial charge in [-0.15, -0.1) is 0 Å². The Labute approximate surface area is 162 Å². The number of amides is 1. The Hall–Kier alpha value is -2.66. The van der Waals surface area contributed by atoms with Crippen LogP contribution < -0.4 is 0 Å². The average Bonchev–Trinajstić information content (AvgIpc) is 3.04. The van der Waals surface area contributed by atoms with Gasteiger partial charge in [-0.05, 0) is 32.0 Å². The molecule has 0 aliphatic carbocycles. The van der Waals surface area contributed by atoms with Crippen LogP contribution in [0, 0.1) is 5.82 Å². The third kappa shape index (κ3) is 3.60. The van der Waals surface area contributed by atoms with Crippen LogP contribution >= 0.6 is 11.6 Å². The Balaban J connectivity index is 2.07. The Morgan fingerprint density at radius 1 is 1.07 bits per heavy atom. The summed E-state index contributed by atoms with van der Waals surface area (Å²) in [5, 5.41) is 0.982. The summed E-state index contributed by atoms with van der Waals surface area (Å²) in [5.41, 5.74) is 1.40. The second kappa shape index (κ2) is 7.92. The highest BCUT2D eigenvalue weighted by molar-refractivity contribution is 6.44. The lowest BCUT2D eigenvalue weighted by atomic mass is 10.1. The number of hydrogen-bond donors (Lipinski definition) is 0. The van der Waals surface area contributed by atoms with Gasteiger partial charge in [-0.2, -0.15) is 0 Å². The van der Waals surface area contributed by atoms with E-state index in [-0.39, 0.29) is 6.54 Å². The molecule has 0 saturated heterocycles. The van der Waals surface area contributed by atoms with E-state index in [0.29, 0.717) is 34.6 Å². The van der Waals surface area contributed by atoms with Crippen molar-refractivity contribution in [2.75, 3.05) is 13.1 Å². The molecule has 0 saturated carbocycles. The van der Waals surface area contributed by atoms with Crippen LogP contribution in [-0.2, 0) is 11.3 Å². The predicted molar refractivity (Wildman–Crippen MR) is 105 cm³/mol. The Bertz CT molecular complexity index is 988. The average molecular weight is 387 g/mol. The smallest absolute Gasteiger partial charge is 0.295 e. The van der Waals surface area contributed by atoms with E-state index in [0.717, 1.165) is 5.52 Å². The number of para-hydroxylation sites is 1. The van der Waals surface area contributed by atoms with Gasteiger partial charge in [0.2, 0.25) is 0 Å². The fraction of sp³-hybridized carbons (Fsp3) is 0.238. The molecule has 3 rings (SSSR count). The first-order valence-corrected chi connectivity index (χ1v) is 9.20. The molecule has 0 radical (unpaired) electrons. The van der Waals surface area contributed by atoms with E-state index in [9.17, 15) is 14.0 Å². The van der Waals surface area contributed by atoms with Crippen molar-refractivity contribution in [3.63, 3.8) is 0 Å². The zero-order valence-electron chi connectivity index (χ0n) is 15.2. The van der Waals surface area contributed by atoms with Gasteiger partial charge >= 0.3 is 0 Å². The van der Waals surface area contributed by atoms with E-state index < -0.39 is 17.5 Å². The zero-order valence-corrected chi connectivity index (χ0v) is 16.0. The van der Waals surface area contributed by atoms with Gasteiger partial charge in [0.1, 0.15) is 5.82 Å². The van der Waals surface area contributed by atoms with E-state index in [1.165, 1.54) is 11.0 Å². The molecular weight excluding hydrogens is 367 g/mol. The van der Waals surface area contributed by atoms with Crippen molar-refractivity contribution in [2.45, 2.75) is 20.4 Å². The summed E-state index contributed by atoms with van der Waals surface area (Å²) >= 11 is 6.15. The number of likely N-dealkylation sites (N-methyl/N-ethyl adjacent to an activating group) is 1. The SMILES string of the molecule is CCN(CC)C(=O)C(=O)c1cn(Cc2c(F)cccc2Cl)c2ccccc12. The third-order valence-electron chi connectivity index (χ3n) is 4.67. The maximum Gasteiger partial charge on any atom is 0.295 e. The van der Waals surface area contributed by atoms with Gasteiger partial charge < -0.3 is 9.47 Å². The molecule has 0 aliphatic rings. The quantitative estimate of drug-likeness (QED) is 0.461. The van der Waals surface area contributed by atoms with Crippen LogP contribution in [0.3, 0.4) is 0 Å². The number of carbonyl (C=O) groups excluding carboxylic acids is 2. The summed E-state index contributed by atoms with van der Waals surface area (Å²) in [4.78, 5) is 26.8. The Morgan fingerprint density at radius 2 is 1.78 bits per heavy atom. The number of Topliss-reactive ketones (excluding diaryl/α,β-unsaturated/α-hetero) is 1. The van der Waals surface area contributed by atoms with Gasteiger partial charge in [0, 0.05) is 40.8 Å². The molecular formula is C21H20ClFN2O2. The van der Waals surface area contributed by atoms with Crippen LogP contribution in [0.5, 0.6) is 0 Å². The second-order valence-corrected chi connectivity index (χ2v) is 6.60.